The van der Waals surface area contributed by atoms with Gasteiger partial charge < -0.3 is 35.2 Å². The van der Waals surface area contributed by atoms with Gasteiger partial charge in [0.25, 0.3) is 0 Å². The highest BCUT2D eigenvalue weighted by Gasteiger charge is 2.37. The molecule has 44 heavy (non-hydrogen) atoms. The van der Waals surface area contributed by atoms with Gasteiger partial charge in [-0.05, 0) is 49.3 Å². The van der Waals surface area contributed by atoms with Crippen LogP contribution in [0.3, 0.4) is 0 Å². The SMILES string of the molecule is CC(C)C[C@H](NC(=O)OCC1CCN(Cc2cccc(C(F)(F)F)c2)C1=O)C(=O)N[C@@H](C[C@@H]1CCNC1=O)C(O)S(=O)(=O)[O-]. The molecule has 0 aromatic heterocycles. The Bertz CT molecular complexity index is 1330. The Morgan fingerprint density at radius 1 is 1.18 bits per heavy atom. The van der Waals surface area contributed by atoms with Gasteiger partial charge in [-0.3, -0.25) is 14.4 Å². The number of rotatable bonds is 13. The molecule has 5 atom stereocenters. The fraction of sp³-hybridized carbons (Fsp3) is 0.630. The summed E-state index contributed by atoms with van der Waals surface area (Å²) >= 11 is 0. The van der Waals surface area contributed by atoms with Crippen molar-refractivity contribution in [3.05, 3.63) is 35.4 Å². The van der Waals surface area contributed by atoms with E-state index < -0.39 is 75.0 Å². The van der Waals surface area contributed by atoms with Crippen molar-refractivity contribution in [3.8, 4) is 0 Å². The van der Waals surface area contributed by atoms with E-state index in [4.69, 9.17) is 4.74 Å². The number of aliphatic hydroxyl groups is 1. The molecule has 4 N–H and O–H groups in total. The van der Waals surface area contributed by atoms with Crippen molar-refractivity contribution in [2.75, 3.05) is 19.7 Å². The Morgan fingerprint density at radius 2 is 1.89 bits per heavy atom. The predicted octanol–water partition coefficient (Wildman–Crippen LogP) is 1.07. The van der Waals surface area contributed by atoms with Crippen molar-refractivity contribution >= 4 is 33.9 Å². The molecule has 17 heteroatoms. The van der Waals surface area contributed by atoms with Crippen molar-refractivity contribution in [1.29, 1.82) is 0 Å². The zero-order valence-electron chi connectivity index (χ0n) is 24.1. The molecule has 2 heterocycles. The third-order valence-electron chi connectivity index (χ3n) is 7.44. The molecule has 2 unspecified atom stereocenters. The van der Waals surface area contributed by atoms with Gasteiger partial charge in [-0.1, -0.05) is 26.0 Å². The van der Waals surface area contributed by atoms with E-state index in [0.29, 0.717) is 13.0 Å². The van der Waals surface area contributed by atoms with Crippen molar-refractivity contribution < 1.29 is 55.2 Å². The van der Waals surface area contributed by atoms with Gasteiger partial charge in [-0.15, -0.1) is 0 Å². The van der Waals surface area contributed by atoms with Gasteiger partial charge in [0, 0.05) is 25.6 Å². The van der Waals surface area contributed by atoms with Crippen molar-refractivity contribution in [1.82, 2.24) is 20.9 Å². The van der Waals surface area contributed by atoms with Gasteiger partial charge in [-0.25, -0.2) is 13.2 Å². The van der Waals surface area contributed by atoms with Crippen LogP contribution < -0.4 is 16.0 Å². The van der Waals surface area contributed by atoms with E-state index in [1.165, 1.54) is 17.0 Å². The van der Waals surface area contributed by atoms with Crippen LogP contribution >= 0.6 is 0 Å². The topological polar surface area (TPSA) is 194 Å². The van der Waals surface area contributed by atoms with Crippen molar-refractivity contribution in [2.24, 2.45) is 17.8 Å². The zero-order chi connectivity index (χ0) is 32.8. The monoisotopic (exact) mass is 649 g/mol. The number of nitrogens with zero attached hydrogens (tertiary/aromatic N) is 1. The number of hydrogen-bond acceptors (Lipinski definition) is 9. The second kappa shape index (κ2) is 14.6. The summed E-state index contributed by atoms with van der Waals surface area (Å²) in [7, 11) is -5.27. The molecule has 0 spiro atoms. The summed E-state index contributed by atoms with van der Waals surface area (Å²) in [6, 6.07) is 1.69. The second-order valence-corrected chi connectivity index (χ2v) is 12.8. The minimum Gasteiger partial charge on any atom is -0.746 e. The van der Waals surface area contributed by atoms with E-state index in [0.717, 1.165) is 12.1 Å². The number of likely N-dealkylation sites (tertiary alicyclic amines) is 1. The Hall–Kier alpha value is -3.44. The van der Waals surface area contributed by atoms with Gasteiger partial charge in [0.05, 0.1) is 17.5 Å². The zero-order valence-corrected chi connectivity index (χ0v) is 24.9. The van der Waals surface area contributed by atoms with Crippen molar-refractivity contribution in [3.63, 3.8) is 0 Å². The number of aliphatic hydroxyl groups excluding tert-OH is 1. The summed E-state index contributed by atoms with van der Waals surface area (Å²) in [6.07, 6.45) is -5.31. The Labute approximate surface area is 252 Å². The standard InChI is InChI=1S/C27H37F3N4O9S/c1-15(2)10-20(23(36)32-21(25(38)44(40,41)42)12-17-6-8-31-22(17)35)33-26(39)43-14-18-7-9-34(24(18)37)13-16-4-3-5-19(11-16)27(28,29)30/h3-5,11,15,17-18,20-21,25,38H,6-10,12-14H2,1-2H3,(H,31,35)(H,32,36)(H,33,39)(H,40,41,42)/p-1/t17-,18?,20-,21-,25?/m0/s1. The lowest BCUT2D eigenvalue weighted by molar-refractivity contribution is -0.137. The molecule has 0 saturated carbocycles. The summed E-state index contributed by atoms with van der Waals surface area (Å²) in [5.41, 5.74) is -3.09. The van der Waals surface area contributed by atoms with E-state index in [1.54, 1.807) is 13.8 Å². The molecule has 2 aliphatic rings. The fourth-order valence-corrected chi connectivity index (χ4v) is 5.73. The number of carbonyl (C=O) groups is 4. The minimum absolute atomic E-state index is 0.0465. The molecule has 0 radical (unpaired) electrons. The lowest BCUT2D eigenvalue weighted by Gasteiger charge is -2.29. The molecule has 246 valence electrons. The molecule has 3 rings (SSSR count). The quantitative estimate of drug-likeness (QED) is 0.226. The minimum atomic E-state index is -5.27. The number of nitrogens with one attached hydrogen (secondary N) is 3. The molecular formula is C27H36F3N4O9S-. The second-order valence-electron chi connectivity index (χ2n) is 11.4. The first-order chi connectivity index (χ1) is 20.5. The summed E-state index contributed by atoms with van der Waals surface area (Å²) in [5.74, 6) is -3.45. The van der Waals surface area contributed by atoms with Gasteiger partial charge in [0.2, 0.25) is 17.7 Å². The highest BCUT2D eigenvalue weighted by Crippen LogP contribution is 2.30. The van der Waals surface area contributed by atoms with E-state index in [9.17, 15) is 50.4 Å². The molecule has 4 amide bonds. The highest BCUT2D eigenvalue weighted by molar-refractivity contribution is 7.86. The largest absolute Gasteiger partial charge is 0.746 e. The lowest BCUT2D eigenvalue weighted by atomic mass is 9.97. The Balaban J connectivity index is 1.59. The van der Waals surface area contributed by atoms with Crippen LogP contribution in [0.25, 0.3) is 0 Å². The Morgan fingerprint density at radius 3 is 2.48 bits per heavy atom. The molecule has 13 nitrogen and oxygen atoms in total. The fourth-order valence-electron chi connectivity index (χ4n) is 5.15. The first kappa shape index (κ1) is 35.0. The van der Waals surface area contributed by atoms with Crippen LogP contribution in [0, 0.1) is 17.8 Å². The first-order valence-corrected chi connectivity index (χ1v) is 15.5. The van der Waals surface area contributed by atoms with E-state index in [1.807, 2.05) is 0 Å². The average Bonchev–Trinajstić information content (AvgIpc) is 3.49. The highest BCUT2D eigenvalue weighted by atomic mass is 32.2. The smallest absolute Gasteiger partial charge is 0.416 e. The van der Waals surface area contributed by atoms with Crippen LogP contribution in [-0.2, 0) is 42.0 Å². The number of hydrogen-bond donors (Lipinski definition) is 4. The number of ether oxygens (including phenoxy) is 1. The normalized spacial score (nSPS) is 21.1. The molecule has 1 aromatic rings. The van der Waals surface area contributed by atoms with Gasteiger partial charge in [-0.2, -0.15) is 13.2 Å². The third kappa shape index (κ3) is 9.79. The van der Waals surface area contributed by atoms with E-state index in [2.05, 4.69) is 16.0 Å². The molecule has 0 bridgehead atoms. The van der Waals surface area contributed by atoms with E-state index >= 15 is 0 Å². The first-order valence-electron chi connectivity index (χ1n) is 14.0. The number of alkyl halides is 3. The number of halogens is 3. The van der Waals surface area contributed by atoms with Crippen LogP contribution in [0.15, 0.2) is 24.3 Å². The van der Waals surface area contributed by atoms with Crippen LogP contribution in [0.1, 0.15) is 50.7 Å². The number of carbonyl (C=O) groups excluding carboxylic acids is 4. The van der Waals surface area contributed by atoms with Crippen LogP contribution in [0.4, 0.5) is 18.0 Å². The van der Waals surface area contributed by atoms with Crippen LogP contribution in [-0.4, -0.2) is 84.0 Å². The number of benzene rings is 1. The van der Waals surface area contributed by atoms with Gasteiger partial charge in [0.15, 0.2) is 5.44 Å². The lowest BCUT2D eigenvalue weighted by Crippen LogP contribution is -2.55. The molecule has 2 fully saturated rings. The third-order valence-corrected chi connectivity index (χ3v) is 8.36. The summed E-state index contributed by atoms with van der Waals surface area (Å²) in [6.45, 7) is 3.58. The average molecular weight is 650 g/mol. The number of amides is 4. The molecular weight excluding hydrogens is 613 g/mol. The van der Waals surface area contributed by atoms with Gasteiger partial charge in [0.1, 0.15) is 22.8 Å². The maximum atomic E-state index is 13.1. The maximum absolute atomic E-state index is 13.1. The summed E-state index contributed by atoms with van der Waals surface area (Å²) < 4.78 is 78.8. The van der Waals surface area contributed by atoms with Gasteiger partial charge >= 0.3 is 12.3 Å². The predicted molar refractivity (Wildman–Crippen MR) is 146 cm³/mol. The molecule has 2 aliphatic heterocycles. The molecule has 0 aliphatic carbocycles. The van der Waals surface area contributed by atoms with E-state index in [-0.39, 0.29) is 50.4 Å². The summed E-state index contributed by atoms with van der Waals surface area (Å²) in [4.78, 5) is 51.9. The van der Waals surface area contributed by atoms with Crippen molar-refractivity contribution in [2.45, 2.75) is 69.8 Å². The Kier molecular flexibility index (Phi) is 11.6. The van der Waals surface area contributed by atoms with Crippen LogP contribution in [0.5, 0.6) is 0 Å². The maximum Gasteiger partial charge on any atom is 0.416 e. The molecule has 1 aromatic carbocycles. The number of alkyl carbamates (subject to hydrolysis) is 1. The molecule has 2 saturated heterocycles. The summed E-state index contributed by atoms with van der Waals surface area (Å²) in [5, 5.41) is 17.3. The van der Waals surface area contributed by atoms with Crippen LogP contribution in [0.2, 0.25) is 0 Å².